The lowest BCUT2D eigenvalue weighted by molar-refractivity contribution is 0.140. The van der Waals surface area contributed by atoms with Gasteiger partial charge in [0, 0.05) is 10.6 Å². The van der Waals surface area contributed by atoms with E-state index in [4.69, 9.17) is 16.3 Å². The maximum absolute atomic E-state index is 13.3. The molecule has 2 rings (SSSR count). The third kappa shape index (κ3) is 4.42. The van der Waals surface area contributed by atoms with E-state index in [-0.39, 0.29) is 39.3 Å². The first-order valence-corrected chi connectivity index (χ1v) is 8.14. The van der Waals surface area contributed by atoms with Crippen molar-refractivity contribution in [1.82, 2.24) is 0 Å². The number of anilines is 1. The Bertz CT molecular complexity index is 786. The fourth-order valence-electron chi connectivity index (χ4n) is 2.34. The van der Waals surface area contributed by atoms with E-state index in [0.717, 1.165) is 12.7 Å². The Labute approximate surface area is 154 Å². The molecule has 0 radical (unpaired) electrons. The van der Waals surface area contributed by atoms with Crippen molar-refractivity contribution < 1.29 is 28.3 Å². The van der Waals surface area contributed by atoms with Crippen molar-refractivity contribution in [1.29, 1.82) is 0 Å². The minimum absolute atomic E-state index is 0.00521. The maximum Gasteiger partial charge on any atom is 0.438 e. The van der Waals surface area contributed by atoms with Crippen LogP contribution in [0.15, 0.2) is 36.4 Å². The molecule has 0 bridgehead atoms. The Balaban J connectivity index is 2.32. The molecule has 140 valence electrons. The highest BCUT2D eigenvalue weighted by Gasteiger charge is 2.21. The van der Waals surface area contributed by atoms with Gasteiger partial charge >= 0.3 is 6.09 Å². The molecular weight excluding hydrogens is 368 g/mol. The van der Waals surface area contributed by atoms with Crippen LogP contribution in [0.3, 0.4) is 0 Å². The van der Waals surface area contributed by atoms with Gasteiger partial charge in [-0.2, -0.15) is 5.06 Å². The van der Waals surface area contributed by atoms with Crippen LogP contribution in [0.1, 0.15) is 30.0 Å². The van der Waals surface area contributed by atoms with E-state index < -0.39 is 12.5 Å². The molecular formula is C18H18ClF2NO4. The Morgan fingerprint density at radius 2 is 2.04 bits per heavy atom. The second kappa shape index (κ2) is 8.82. The number of methoxy groups -OCH3 is 1. The Morgan fingerprint density at radius 1 is 1.31 bits per heavy atom. The molecule has 0 spiro atoms. The molecule has 0 saturated carbocycles. The van der Waals surface area contributed by atoms with Crippen molar-refractivity contribution in [3.63, 3.8) is 0 Å². The van der Waals surface area contributed by atoms with Crippen LogP contribution in [0.2, 0.25) is 5.02 Å². The zero-order valence-electron chi connectivity index (χ0n) is 14.2. The predicted molar refractivity (Wildman–Crippen MR) is 93.2 cm³/mol. The summed E-state index contributed by atoms with van der Waals surface area (Å²) < 4.78 is 36.6. The summed E-state index contributed by atoms with van der Waals surface area (Å²) in [5, 5.41) is 10.4. The van der Waals surface area contributed by atoms with Gasteiger partial charge in [0.15, 0.2) is 0 Å². The van der Waals surface area contributed by atoms with Crippen molar-refractivity contribution in [3.05, 3.63) is 58.1 Å². The summed E-state index contributed by atoms with van der Waals surface area (Å²) in [7, 11) is 1.11. The fraction of sp³-hybridized carbons (Fsp3) is 0.278. The van der Waals surface area contributed by atoms with Gasteiger partial charge < -0.3 is 9.47 Å². The standard InChI is InChI=1S/C18H18ClF2NO4/c1-3-11-7-8-16(12(9-11)17(20)21)26-10-13-14(19)5-4-6-15(13)22(24)18(23)25-2/h4-9,17,24H,3,10H2,1-2H3. The predicted octanol–water partition coefficient (Wildman–Crippen LogP) is 5.38. The number of hydroxylamine groups is 1. The van der Waals surface area contributed by atoms with E-state index in [1.807, 2.05) is 6.92 Å². The van der Waals surface area contributed by atoms with Gasteiger partial charge in [-0.3, -0.25) is 5.21 Å². The summed E-state index contributed by atoms with van der Waals surface area (Å²) in [4.78, 5) is 11.5. The van der Waals surface area contributed by atoms with Crippen LogP contribution >= 0.6 is 11.6 Å². The minimum atomic E-state index is -2.70. The van der Waals surface area contributed by atoms with Gasteiger partial charge in [-0.1, -0.05) is 30.7 Å². The molecule has 0 heterocycles. The number of halogens is 3. The van der Waals surface area contributed by atoms with E-state index in [9.17, 15) is 18.8 Å². The second-order valence-electron chi connectivity index (χ2n) is 5.33. The Morgan fingerprint density at radius 3 is 2.65 bits per heavy atom. The van der Waals surface area contributed by atoms with Gasteiger partial charge in [-0.15, -0.1) is 0 Å². The number of amides is 1. The summed E-state index contributed by atoms with van der Waals surface area (Å²) in [6.07, 6.45) is -3.10. The van der Waals surface area contributed by atoms with Gasteiger partial charge in [0.25, 0.3) is 6.43 Å². The van der Waals surface area contributed by atoms with Gasteiger partial charge in [-0.25, -0.2) is 13.6 Å². The molecule has 0 saturated heterocycles. The summed E-state index contributed by atoms with van der Waals surface area (Å²) in [5.41, 5.74) is 0.819. The number of rotatable bonds is 6. The molecule has 1 N–H and O–H groups in total. The largest absolute Gasteiger partial charge is 0.488 e. The van der Waals surface area contributed by atoms with Crippen LogP contribution in [0, 0.1) is 0 Å². The fourth-order valence-corrected chi connectivity index (χ4v) is 2.57. The zero-order chi connectivity index (χ0) is 19.3. The SMILES string of the molecule is CCc1ccc(OCc2c(Cl)cccc2N(O)C(=O)OC)c(C(F)F)c1. The van der Waals surface area contributed by atoms with Crippen LogP contribution in [-0.2, 0) is 17.8 Å². The Hall–Kier alpha value is -2.38. The highest BCUT2D eigenvalue weighted by Crippen LogP contribution is 2.33. The average Bonchev–Trinajstić information content (AvgIpc) is 2.65. The van der Waals surface area contributed by atoms with E-state index >= 15 is 0 Å². The van der Waals surface area contributed by atoms with Crippen molar-refractivity contribution >= 4 is 23.4 Å². The van der Waals surface area contributed by atoms with E-state index in [0.29, 0.717) is 6.42 Å². The minimum Gasteiger partial charge on any atom is -0.488 e. The van der Waals surface area contributed by atoms with Crippen LogP contribution in [0.25, 0.3) is 0 Å². The summed E-state index contributed by atoms with van der Waals surface area (Å²) in [6, 6.07) is 9.03. The molecule has 1 amide bonds. The number of benzene rings is 2. The van der Waals surface area contributed by atoms with Crippen molar-refractivity contribution in [3.8, 4) is 5.75 Å². The Kier molecular flexibility index (Phi) is 6.76. The third-order valence-corrected chi connectivity index (χ3v) is 4.11. The number of alkyl halides is 2. The summed E-state index contributed by atoms with van der Waals surface area (Å²) in [5.74, 6) is 0.00521. The molecule has 5 nitrogen and oxygen atoms in total. The number of aryl methyl sites for hydroxylation is 1. The summed E-state index contributed by atoms with van der Waals surface area (Å²) in [6.45, 7) is 1.64. The van der Waals surface area contributed by atoms with Crippen LogP contribution in [-0.4, -0.2) is 18.4 Å². The van der Waals surface area contributed by atoms with Crippen LogP contribution < -0.4 is 9.80 Å². The molecule has 0 aromatic heterocycles. The van der Waals surface area contributed by atoms with Gasteiger partial charge in [0.2, 0.25) is 0 Å². The molecule has 0 fully saturated rings. The first-order valence-electron chi connectivity index (χ1n) is 7.77. The van der Waals surface area contributed by atoms with Crippen molar-refractivity contribution in [2.45, 2.75) is 26.4 Å². The first kappa shape index (κ1) is 19.9. The number of hydrogen-bond acceptors (Lipinski definition) is 4. The monoisotopic (exact) mass is 385 g/mol. The van der Waals surface area contributed by atoms with Crippen molar-refractivity contribution in [2.75, 3.05) is 12.2 Å². The molecule has 2 aromatic carbocycles. The summed E-state index contributed by atoms with van der Waals surface area (Å²) >= 11 is 6.12. The molecule has 0 unspecified atom stereocenters. The van der Waals surface area contributed by atoms with E-state index in [1.54, 1.807) is 6.07 Å². The maximum atomic E-state index is 13.3. The molecule has 0 atom stereocenters. The van der Waals surface area contributed by atoms with Crippen molar-refractivity contribution in [2.24, 2.45) is 0 Å². The van der Waals surface area contributed by atoms with Crippen LogP contribution in [0.4, 0.5) is 19.3 Å². The molecule has 26 heavy (non-hydrogen) atoms. The lowest BCUT2D eigenvalue weighted by Crippen LogP contribution is -2.28. The highest BCUT2D eigenvalue weighted by molar-refractivity contribution is 6.31. The number of ether oxygens (including phenoxy) is 2. The lowest BCUT2D eigenvalue weighted by atomic mass is 10.1. The lowest BCUT2D eigenvalue weighted by Gasteiger charge is -2.19. The number of carbonyl (C=O) groups excluding carboxylic acids is 1. The molecule has 2 aromatic rings. The molecule has 0 aliphatic rings. The first-order chi connectivity index (χ1) is 12.4. The number of carbonyl (C=O) groups is 1. The third-order valence-electron chi connectivity index (χ3n) is 3.76. The molecule has 0 aliphatic carbocycles. The van der Waals surface area contributed by atoms with E-state index in [1.165, 1.54) is 30.3 Å². The quantitative estimate of drug-likeness (QED) is 0.535. The van der Waals surface area contributed by atoms with Gasteiger partial charge in [-0.05, 0) is 36.2 Å². The van der Waals surface area contributed by atoms with E-state index in [2.05, 4.69) is 4.74 Å². The molecule has 8 heteroatoms. The smallest absolute Gasteiger partial charge is 0.438 e. The highest BCUT2D eigenvalue weighted by atomic mass is 35.5. The topological polar surface area (TPSA) is 59.0 Å². The number of hydrogen-bond donors (Lipinski definition) is 1. The van der Waals surface area contributed by atoms with Gasteiger partial charge in [0.05, 0.1) is 18.4 Å². The second-order valence-corrected chi connectivity index (χ2v) is 5.74. The van der Waals surface area contributed by atoms with Crippen LogP contribution in [0.5, 0.6) is 5.75 Å². The normalized spacial score (nSPS) is 10.7. The zero-order valence-corrected chi connectivity index (χ0v) is 15.0. The van der Waals surface area contributed by atoms with Gasteiger partial charge in [0.1, 0.15) is 12.4 Å². The number of nitrogens with zero attached hydrogens (tertiary/aromatic N) is 1. The average molecular weight is 386 g/mol. The molecule has 0 aliphatic heterocycles.